The number of rotatable bonds is 1. The molecule has 78 valence electrons. The van der Waals surface area contributed by atoms with Crippen molar-refractivity contribution < 1.29 is 8.42 Å². The Hall–Kier alpha value is -0.350. The molecule has 0 radical (unpaired) electrons. The molecule has 0 aliphatic carbocycles. The van der Waals surface area contributed by atoms with Crippen molar-refractivity contribution in [3.8, 4) is 0 Å². The van der Waals surface area contributed by atoms with Crippen LogP contribution in [0.2, 0.25) is 0 Å². The van der Waals surface area contributed by atoms with E-state index in [2.05, 4.69) is 35.6 Å². The molecule has 0 N–H and O–H groups in total. The lowest BCUT2D eigenvalue weighted by Gasteiger charge is -2.18. The Morgan fingerprint density at radius 1 is 1.07 bits per heavy atom. The number of hydrogen-bond acceptors (Lipinski definition) is 2. The number of benzene rings is 1. The average molecular weight is 277 g/mol. The van der Waals surface area contributed by atoms with Crippen molar-refractivity contribution in [1.29, 1.82) is 0 Å². The van der Waals surface area contributed by atoms with Gasteiger partial charge in [0.15, 0.2) is 0 Å². The van der Waals surface area contributed by atoms with Gasteiger partial charge < -0.3 is 0 Å². The van der Waals surface area contributed by atoms with Gasteiger partial charge in [0.1, 0.15) is 0 Å². The van der Waals surface area contributed by atoms with Gasteiger partial charge in [-0.2, -0.15) is 0 Å². The molecule has 0 saturated carbocycles. The summed E-state index contributed by atoms with van der Waals surface area (Å²) in [7, 11) is -3.25. The average Bonchev–Trinajstić information content (AvgIpc) is 2.01. The molecule has 2 nitrogen and oxygen atoms in total. The summed E-state index contributed by atoms with van der Waals surface area (Å²) in [5, 5.41) is 0. The minimum atomic E-state index is -3.25. The molecule has 0 amide bonds. The van der Waals surface area contributed by atoms with Crippen LogP contribution in [0.3, 0.4) is 0 Å². The van der Waals surface area contributed by atoms with Crippen LogP contribution >= 0.6 is 14.8 Å². The molecule has 4 heteroatoms. The summed E-state index contributed by atoms with van der Waals surface area (Å²) >= 11 is 2.63. The second-order valence-electron chi connectivity index (χ2n) is 4.21. The maximum Gasteiger partial charge on any atom is 0.237 e. The predicted molar refractivity (Wildman–Crippen MR) is 61.3 cm³/mol. The molecule has 0 aliphatic rings. The largest absolute Gasteiger partial charge is 0.237 e. The van der Waals surface area contributed by atoms with E-state index in [4.69, 9.17) is 0 Å². The molecule has 0 saturated heterocycles. The van der Waals surface area contributed by atoms with Gasteiger partial charge in [-0.15, -0.1) is 0 Å². The van der Waals surface area contributed by atoms with Gasteiger partial charge in [0, 0.05) is 0 Å². The first kappa shape index (κ1) is 11.7. The molecule has 0 aromatic heterocycles. The normalized spacial score (nSPS) is 12.9. The van der Waals surface area contributed by atoms with Gasteiger partial charge in [0.2, 0.25) is 8.27 Å². The van der Waals surface area contributed by atoms with Crippen molar-refractivity contribution in [3.63, 3.8) is 0 Å². The Morgan fingerprint density at radius 3 is 1.79 bits per heavy atom. The van der Waals surface area contributed by atoms with E-state index in [-0.39, 0.29) is 5.41 Å². The van der Waals surface area contributed by atoms with E-state index < -0.39 is 8.27 Å². The van der Waals surface area contributed by atoms with E-state index in [0.29, 0.717) is 4.90 Å². The third-order valence-corrected chi connectivity index (χ3v) is 3.96. The Morgan fingerprint density at radius 2 is 1.50 bits per heavy atom. The van der Waals surface area contributed by atoms with Gasteiger partial charge in [-0.1, -0.05) is 32.9 Å². The maximum atomic E-state index is 11.1. The second-order valence-corrected chi connectivity index (χ2v) is 8.12. The first-order chi connectivity index (χ1) is 6.21. The molecule has 1 rings (SSSR count). The van der Waals surface area contributed by atoms with Crippen molar-refractivity contribution in [2.24, 2.45) is 0 Å². The molecule has 1 aromatic carbocycles. The fourth-order valence-electron chi connectivity index (χ4n) is 1.12. The third kappa shape index (κ3) is 2.82. The molecular weight excluding hydrogens is 264 g/mol. The van der Waals surface area contributed by atoms with E-state index in [1.807, 2.05) is 12.1 Å². The van der Waals surface area contributed by atoms with Gasteiger partial charge in [-0.25, -0.2) is 8.42 Å². The first-order valence-electron chi connectivity index (χ1n) is 4.26. The lowest BCUT2D eigenvalue weighted by Crippen LogP contribution is -2.10. The highest BCUT2D eigenvalue weighted by Crippen LogP contribution is 2.24. The van der Waals surface area contributed by atoms with Crippen LogP contribution in [0.25, 0.3) is 0 Å². The molecule has 1 aromatic rings. The summed E-state index contributed by atoms with van der Waals surface area (Å²) in [6, 6.07) is 6.91. The molecule has 0 unspecified atom stereocenters. The van der Waals surface area contributed by atoms with E-state index in [9.17, 15) is 8.42 Å². The zero-order chi connectivity index (χ0) is 11.0. The minimum Gasteiger partial charge on any atom is -0.212 e. The Balaban J connectivity index is 3.14. The lowest BCUT2D eigenvalue weighted by atomic mass is 9.87. The zero-order valence-electron chi connectivity index (χ0n) is 8.41. The summed E-state index contributed by atoms with van der Waals surface area (Å²) in [5.41, 5.74) is 1.17. The molecular formula is C10H13BrO2S. The van der Waals surface area contributed by atoms with Crippen LogP contribution in [0.1, 0.15) is 26.3 Å². The van der Waals surface area contributed by atoms with Crippen molar-refractivity contribution >= 4 is 23.1 Å². The highest BCUT2D eigenvalue weighted by atomic mass is 79.9. The Kier molecular flexibility index (Phi) is 3.07. The SMILES string of the molecule is CC(C)(C)c1ccc(S(=O)(=O)Br)cc1. The Bertz CT molecular complexity index is 412. The summed E-state index contributed by atoms with van der Waals surface area (Å²) in [4.78, 5) is 0.297. The van der Waals surface area contributed by atoms with Crippen LogP contribution in [0.15, 0.2) is 29.2 Å². The highest BCUT2D eigenvalue weighted by molar-refractivity contribution is 9.47. The summed E-state index contributed by atoms with van der Waals surface area (Å²) in [5.74, 6) is 0. The number of hydrogen-bond donors (Lipinski definition) is 0. The lowest BCUT2D eigenvalue weighted by molar-refractivity contribution is 0.588. The first-order valence-corrected chi connectivity index (χ1v) is 7.59. The van der Waals surface area contributed by atoms with Gasteiger partial charge in [0.05, 0.1) is 19.7 Å². The summed E-state index contributed by atoms with van der Waals surface area (Å²) in [6.07, 6.45) is 0. The van der Waals surface area contributed by atoms with Gasteiger partial charge >= 0.3 is 0 Å². The highest BCUT2D eigenvalue weighted by Gasteiger charge is 2.15. The second kappa shape index (κ2) is 3.66. The fourth-order valence-corrected chi connectivity index (χ4v) is 2.23. The quantitative estimate of drug-likeness (QED) is 0.739. The van der Waals surface area contributed by atoms with Crippen LogP contribution in [0, 0.1) is 0 Å². The van der Waals surface area contributed by atoms with E-state index in [0.717, 1.165) is 5.56 Å². The molecule has 0 aliphatic heterocycles. The van der Waals surface area contributed by atoms with E-state index >= 15 is 0 Å². The number of halogens is 1. The molecule has 0 atom stereocenters. The van der Waals surface area contributed by atoms with Crippen LogP contribution in [-0.2, 0) is 13.7 Å². The third-order valence-electron chi connectivity index (χ3n) is 2.00. The topological polar surface area (TPSA) is 34.1 Å². The smallest absolute Gasteiger partial charge is 0.212 e. The van der Waals surface area contributed by atoms with Crippen LogP contribution in [-0.4, -0.2) is 8.42 Å². The van der Waals surface area contributed by atoms with Crippen molar-refractivity contribution in [1.82, 2.24) is 0 Å². The summed E-state index contributed by atoms with van der Waals surface area (Å²) in [6.45, 7) is 6.26. The maximum absolute atomic E-state index is 11.1. The van der Waals surface area contributed by atoms with Crippen molar-refractivity contribution in [2.45, 2.75) is 31.1 Å². The van der Waals surface area contributed by atoms with Crippen LogP contribution in [0.4, 0.5) is 0 Å². The zero-order valence-corrected chi connectivity index (χ0v) is 10.8. The standard InChI is InChI=1S/C10H13BrO2S/c1-10(2,3)8-4-6-9(7-5-8)14(11,12)13/h4-7H,1-3H3. The molecule has 14 heavy (non-hydrogen) atoms. The minimum absolute atomic E-state index is 0.0502. The van der Waals surface area contributed by atoms with Crippen LogP contribution < -0.4 is 0 Å². The summed E-state index contributed by atoms with van der Waals surface area (Å²) < 4.78 is 22.2. The Labute approximate surface area is 92.5 Å². The van der Waals surface area contributed by atoms with Gasteiger partial charge in [-0.3, -0.25) is 0 Å². The van der Waals surface area contributed by atoms with Crippen molar-refractivity contribution in [2.75, 3.05) is 0 Å². The van der Waals surface area contributed by atoms with Gasteiger partial charge in [-0.05, 0) is 23.1 Å². The van der Waals surface area contributed by atoms with E-state index in [1.54, 1.807) is 12.1 Å². The molecule has 0 spiro atoms. The van der Waals surface area contributed by atoms with E-state index in [1.165, 1.54) is 0 Å². The molecule has 0 heterocycles. The fraction of sp³-hybridized carbons (Fsp3) is 0.400. The molecule has 0 fully saturated rings. The monoisotopic (exact) mass is 276 g/mol. The van der Waals surface area contributed by atoms with Crippen molar-refractivity contribution in [3.05, 3.63) is 29.8 Å². The molecule has 0 bridgehead atoms. The van der Waals surface area contributed by atoms with Crippen LogP contribution in [0.5, 0.6) is 0 Å². The predicted octanol–water partition coefficient (Wildman–Crippen LogP) is 3.07. The van der Waals surface area contributed by atoms with Gasteiger partial charge in [0.25, 0.3) is 0 Å².